The summed E-state index contributed by atoms with van der Waals surface area (Å²) >= 11 is 5.90. The summed E-state index contributed by atoms with van der Waals surface area (Å²) in [6, 6.07) is 10.6. The molecule has 7 nitrogen and oxygen atoms in total. The minimum atomic E-state index is -4.05. The molecule has 0 radical (unpaired) electrons. The van der Waals surface area contributed by atoms with Gasteiger partial charge in [0.1, 0.15) is 21.7 Å². The molecule has 0 amide bonds. The van der Waals surface area contributed by atoms with Crippen molar-refractivity contribution < 1.29 is 8.42 Å². The van der Waals surface area contributed by atoms with Crippen molar-refractivity contribution in [3.63, 3.8) is 0 Å². The molecule has 160 valence electrons. The molecular weight excluding hydrogens is 436 g/mol. The van der Waals surface area contributed by atoms with Gasteiger partial charge < -0.3 is 4.57 Å². The number of unbranched alkanes of at least 4 members (excludes halogenated alkanes) is 1. The Morgan fingerprint density at radius 1 is 1.13 bits per heavy atom. The number of rotatable bonds is 5. The van der Waals surface area contributed by atoms with Gasteiger partial charge in [-0.1, -0.05) is 31.0 Å². The normalized spacial score (nSPS) is 12.0. The molecule has 1 N–H and O–H groups in total. The smallest absolute Gasteiger partial charge is 0.267 e. The molecule has 0 saturated carbocycles. The lowest BCUT2D eigenvalue weighted by molar-refractivity contribution is 0.580. The third-order valence-corrected chi connectivity index (χ3v) is 7.28. The lowest BCUT2D eigenvalue weighted by Crippen LogP contribution is -2.30. The van der Waals surface area contributed by atoms with Crippen LogP contribution in [0, 0.1) is 12.3 Å². The Balaban J connectivity index is 2.12. The van der Waals surface area contributed by atoms with E-state index < -0.39 is 9.84 Å². The van der Waals surface area contributed by atoms with Crippen LogP contribution in [0.4, 0.5) is 0 Å². The molecule has 0 unspecified atom stereocenters. The predicted octanol–water partition coefficient (Wildman–Crippen LogP) is 3.72. The van der Waals surface area contributed by atoms with E-state index in [0.717, 1.165) is 12.0 Å². The molecule has 0 saturated heterocycles. The highest BCUT2D eigenvalue weighted by Crippen LogP contribution is 2.22. The van der Waals surface area contributed by atoms with Crippen molar-refractivity contribution in [2.45, 2.75) is 43.0 Å². The van der Waals surface area contributed by atoms with Crippen molar-refractivity contribution in [1.29, 1.82) is 5.41 Å². The van der Waals surface area contributed by atoms with Gasteiger partial charge in [-0.25, -0.2) is 13.4 Å². The van der Waals surface area contributed by atoms with E-state index >= 15 is 0 Å². The van der Waals surface area contributed by atoms with Crippen molar-refractivity contribution in [3.05, 3.63) is 75.1 Å². The first-order valence-corrected chi connectivity index (χ1v) is 11.7. The first kappa shape index (κ1) is 21.3. The van der Waals surface area contributed by atoms with E-state index in [9.17, 15) is 13.2 Å². The molecule has 0 atom stereocenters. The van der Waals surface area contributed by atoms with Crippen LogP contribution in [-0.4, -0.2) is 22.4 Å². The zero-order valence-corrected chi connectivity index (χ0v) is 18.7. The summed E-state index contributed by atoms with van der Waals surface area (Å²) in [5.74, 6) is 0. The van der Waals surface area contributed by atoms with Crippen LogP contribution in [0.2, 0.25) is 5.02 Å². The Bertz CT molecular complexity index is 1540. The Labute approximate surface area is 184 Å². The lowest BCUT2D eigenvalue weighted by atomic mass is 10.2. The largest absolute Gasteiger partial charge is 0.310 e. The van der Waals surface area contributed by atoms with Crippen LogP contribution in [0.1, 0.15) is 25.3 Å². The first-order chi connectivity index (χ1) is 14.8. The van der Waals surface area contributed by atoms with E-state index in [0.29, 0.717) is 29.3 Å². The lowest BCUT2D eigenvalue weighted by Gasteiger charge is -2.15. The Hall–Kier alpha value is -2.97. The van der Waals surface area contributed by atoms with Crippen LogP contribution >= 0.6 is 11.6 Å². The minimum Gasteiger partial charge on any atom is -0.310 e. The van der Waals surface area contributed by atoms with Crippen molar-refractivity contribution in [2.24, 2.45) is 0 Å². The second-order valence-corrected chi connectivity index (χ2v) is 9.71. The number of benzene rings is 1. The monoisotopic (exact) mass is 456 g/mol. The van der Waals surface area contributed by atoms with E-state index in [1.165, 1.54) is 39.3 Å². The average molecular weight is 457 g/mol. The molecule has 0 fully saturated rings. The number of aryl methyl sites for hydroxylation is 2. The first-order valence-electron chi connectivity index (χ1n) is 9.86. The fourth-order valence-electron chi connectivity index (χ4n) is 3.55. The van der Waals surface area contributed by atoms with Crippen molar-refractivity contribution in [1.82, 2.24) is 14.0 Å². The van der Waals surface area contributed by atoms with Crippen LogP contribution in [0.3, 0.4) is 0 Å². The minimum absolute atomic E-state index is 0.0106. The van der Waals surface area contributed by atoms with Gasteiger partial charge in [-0.15, -0.1) is 0 Å². The Kier molecular flexibility index (Phi) is 5.45. The molecule has 0 aliphatic heterocycles. The summed E-state index contributed by atoms with van der Waals surface area (Å²) in [4.78, 5) is 17.7. The number of pyridine rings is 2. The molecule has 0 aliphatic carbocycles. The Morgan fingerprint density at radius 3 is 2.52 bits per heavy atom. The van der Waals surface area contributed by atoms with Gasteiger partial charge in [-0.2, -0.15) is 0 Å². The summed E-state index contributed by atoms with van der Waals surface area (Å²) in [6.45, 7) is 4.23. The predicted molar refractivity (Wildman–Crippen MR) is 119 cm³/mol. The van der Waals surface area contributed by atoms with Gasteiger partial charge in [0, 0.05) is 17.8 Å². The third-order valence-electron chi connectivity index (χ3n) is 5.25. The standard InChI is InChI=1S/C22H21ClN4O3S/c1-3-4-11-26-19(24)18(31(29,30)16-9-7-15(23)8-10-16)13-17-21(26)25-20-14(2)6-5-12-27(20)22(17)28/h5-10,12-13,24H,3-4,11H2,1-2H3. The number of aromatic nitrogens is 3. The van der Waals surface area contributed by atoms with E-state index in [2.05, 4.69) is 4.98 Å². The number of fused-ring (bicyclic) bond motifs is 2. The number of nitrogens with zero attached hydrogens (tertiary/aromatic N) is 3. The second kappa shape index (κ2) is 7.94. The zero-order valence-electron chi connectivity index (χ0n) is 17.1. The van der Waals surface area contributed by atoms with Crippen molar-refractivity contribution in [3.8, 4) is 0 Å². The number of halogens is 1. The second-order valence-electron chi connectivity index (χ2n) is 7.36. The third kappa shape index (κ3) is 3.55. The van der Waals surface area contributed by atoms with Gasteiger partial charge in [0.25, 0.3) is 5.56 Å². The van der Waals surface area contributed by atoms with E-state index in [4.69, 9.17) is 17.0 Å². The SMILES string of the molecule is CCCCn1c(=N)c(S(=O)(=O)c2ccc(Cl)cc2)cc2c(=O)n3cccc(C)c3nc21. The number of hydrogen-bond acceptors (Lipinski definition) is 5. The van der Waals surface area contributed by atoms with Gasteiger partial charge in [0.2, 0.25) is 9.84 Å². The van der Waals surface area contributed by atoms with Crippen molar-refractivity contribution >= 4 is 38.1 Å². The highest BCUT2D eigenvalue weighted by atomic mass is 35.5. The number of hydrogen-bond donors (Lipinski definition) is 1. The molecule has 0 bridgehead atoms. The topological polar surface area (TPSA) is 97.3 Å². The molecule has 9 heteroatoms. The van der Waals surface area contributed by atoms with Crippen LogP contribution in [0.15, 0.2) is 63.2 Å². The summed E-state index contributed by atoms with van der Waals surface area (Å²) in [5.41, 5.74) is 1.04. The Morgan fingerprint density at radius 2 is 1.84 bits per heavy atom. The number of sulfone groups is 1. The van der Waals surface area contributed by atoms with Gasteiger partial charge >= 0.3 is 0 Å². The summed E-state index contributed by atoms with van der Waals surface area (Å²) in [6.07, 6.45) is 3.16. The summed E-state index contributed by atoms with van der Waals surface area (Å²) in [5, 5.41) is 9.26. The molecule has 0 aliphatic rings. The maximum atomic E-state index is 13.4. The molecule has 0 spiro atoms. The molecule has 31 heavy (non-hydrogen) atoms. The van der Waals surface area contributed by atoms with Crippen LogP contribution < -0.4 is 11.0 Å². The van der Waals surface area contributed by atoms with Crippen LogP contribution in [0.25, 0.3) is 16.7 Å². The van der Waals surface area contributed by atoms with Gasteiger partial charge in [0.15, 0.2) is 0 Å². The van der Waals surface area contributed by atoms with Crippen LogP contribution in [0.5, 0.6) is 0 Å². The molecule has 1 aromatic carbocycles. The van der Waals surface area contributed by atoms with E-state index in [-0.39, 0.29) is 26.2 Å². The van der Waals surface area contributed by atoms with Crippen LogP contribution in [-0.2, 0) is 16.4 Å². The van der Waals surface area contributed by atoms with Crippen molar-refractivity contribution in [2.75, 3.05) is 0 Å². The highest BCUT2D eigenvalue weighted by molar-refractivity contribution is 7.91. The van der Waals surface area contributed by atoms with Gasteiger partial charge in [0.05, 0.1) is 10.3 Å². The molecular formula is C22H21ClN4O3S. The quantitative estimate of drug-likeness (QED) is 0.463. The molecule has 3 heterocycles. The molecule has 3 aromatic heterocycles. The van der Waals surface area contributed by atoms with E-state index in [1.54, 1.807) is 12.3 Å². The molecule has 4 rings (SSSR count). The van der Waals surface area contributed by atoms with E-state index in [1.807, 2.05) is 19.9 Å². The number of nitrogens with one attached hydrogen (secondary N) is 1. The fraction of sp³-hybridized carbons (Fsp3) is 0.227. The van der Waals surface area contributed by atoms with Gasteiger partial charge in [-0.05, 0) is 55.3 Å². The average Bonchev–Trinajstić information content (AvgIpc) is 2.74. The maximum Gasteiger partial charge on any atom is 0.267 e. The maximum absolute atomic E-state index is 13.4. The summed E-state index contributed by atoms with van der Waals surface area (Å²) in [7, 11) is -4.05. The zero-order chi connectivity index (χ0) is 22.3. The fourth-order valence-corrected chi connectivity index (χ4v) is 5.06. The summed E-state index contributed by atoms with van der Waals surface area (Å²) < 4.78 is 29.6. The molecule has 4 aromatic rings. The van der Waals surface area contributed by atoms with Gasteiger partial charge in [-0.3, -0.25) is 14.6 Å². The highest BCUT2D eigenvalue weighted by Gasteiger charge is 2.24.